The summed E-state index contributed by atoms with van der Waals surface area (Å²) >= 11 is 1.55. The zero-order valence-corrected chi connectivity index (χ0v) is 16.6. The monoisotopic (exact) mass is 409 g/mol. The van der Waals surface area contributed by atoms with Gasteiger partial charge in [0.05, 0.1) is 6.04 Å². The van der Waals surface area contributed by atoms with Crippen molar-refractivity contribution in [2.75, 3.05) is 18.6 Å². The van der Waals surface area contributed by atoms with E-state index < -0.39 is 24.0 Å². The maximum Gasteiger partial charge on any atom is 0.326 e. The molecule has 2 rings (SSSR count). The van der Waals surface area contributed by atoms with Crippen LogP contribution in [-0.4, -0.2) is 64.7 Å². The number of rotatable bonds is 10. The smallest absolute Gasteiger partial charge is 0.326 e. The fraction of sp³-hybridized carbons (Fsp3) is 0.526. The van der Waals surface area contributed by atoms with Crippen molar-refractivity contribution in [2.45, 2.75) is 43.8 Å². The van der Waals surface area contributed by atoms with Crippen LogP contribution in [0.25, 0.3) is 0 Å². The molecule has 8 nitrogen and oxygen atoms in total. The average molecular weight is 410 g/mol. The lowest BCUT2D eigenvalue weighted by Crippen LogP contribution is -2.54. The van der Waals surface area contributed by atoms with Crippen LogP contribution in [0.15, 0.2) is 24.3 Å². The molecule has 28 heavy (non-hydrogen) atoms. The summed E-state index contributed by atoms with van der Waals surface area (Å²) in [5.41, 5.74) is 0.672. The molecule has 3 unspecified atom stereocenters. The first-order chi connectivity index (χ1) is 13.4. The molecule has 1 aromatic rings. The molecule has 0 radical (unpaired) electrons. The van der Waals surface area contributed by atoms with Gasteiger partial charge in [0.2, 0.25) is 11.8 Å². The number of carboxylic acid groups (broad SMARTS) is 1. The SMILES string of the molecule is CSCCC(NC(=O)C1CCCN1)C(=O)NC(Cc1ccc(O)cc1)C(=O)O. The Morgan fingerprint density at radius 3 is 2.50 bits per heavy atom. The van der Waals surface area contributed by atoms with Crippen LogP contribution in [0.4, 0.5) is 0 Å². The highest BCUT2D eigenvalue weighted by atomic mass is 32.2. The molecule has 0 aliphatic carbocycles. The third kappa shape index (κ3) is 6.72. The lowest BCUT2D eigenvalue weighted by Gasteiger charge is -2.23. The number of phenols is 1. The first-order valence-corrected chi connectivity index (χ1v) is 10.6. The van der Waals surface area contributed by atoms with Crippen molar-refractivity contribution < 1.29 is 24.6 Å². The van der Waals surface area contributed by atoms with Gasteiger partial charge in [0.25, 0.3) is 0 Å². The van der Waals surface area contributed by atoms with Gasteiger partial charge in [0.1, 0.15) is 17.8 Å². The molecule has 5 N–H and O–H groups in total. The van der Waals surface area contributed by atoms with Crippen LogP contribution in [0.3, 0.4) is 0 Å². The molecule has 1 aliphatic heterocycles. The number of nitrogens with one attached hydrogen (secondary N) is 3. The van der Waals surface area contributed by atoms with E-state index in [9.17, 15) is 24.6 Å². The van der Waals surface area contributed by atoms with E-state index in [4.69, 9.17) is 0 Å². The number of carbonyl (C=O) groups excluding carboxylic acids is 2. The molecule has 1 aliphatic rings. The van der Waals surface area contributed by atoms with Crippen molar-refractivity contribution >= 4 is 29.5 Å². The third-order valence-electron chi connectivity index (χ3n) is 4.61. The summed E-state index contributed by atoms with van der Waals surface area (Å²) in [4.78, 5) is 36.7. The number of benzene rings is 1. The van der Waals surface area contributed by atoms with Gasteiger partial charge in [-0.2, -0.15) is 11.8 Å². The Hall–Kier alpha value is -2.26. The minimum absolute atomic E-state index is 0.0781. The second-order valence-corrected chi connectivity index (χ2v) is 7.75. The van der Waals surface area contributed by atoms with Crippen molar-refractivity contribution in [3.8, 4) is 5.75 Å². The summed E-state index contributed by atoms with van der Waals surface area (Å²) in [5, 5.41) is 27.2. The van der Waals surface area contributed by atoms with Crippen molar-refractivity contribution in [1.82, 2.24) is 16.0 Å². The second-order valence-electron chi connectivity index (χ2n) is 6.76. The van der Waals surface area contributed by atoms with E-state index in [1.807, 2.05) is 6.26 Å². The van der Waals surface area contributed by atoms with E-state index in [-0.39, 0.29) is 24.1 Å². The van der Waals surface area contributed by atoms with Crippen molar-refractivity contribution in [1.29, 1.82) is 0 Å². The molecule has 1 fully saturated rings. The molecule has 0 aromatic heterocycles. The number of hydrogen-bond donors (Lipinski definition) is 5. The van der Waals surface area contributed by atoms with E-state index in [0.29, 0.717) is 17.7 Å². The topological polar surface area (TPSA) is 128 Å². The van der Waals surface area contributed by atoms with Crippen LogP contribution in [0.2, 0.25) is 0 Å². The van der Waals surface area contributed by atoms with Gasteiger partial charge in [-0.25, -0.2) is 4.79 Å². The van der Waals surface area contributed by atoms with Gasteiger partial charge in [-0.15, -0.1) is 0 Å². The highest BCUT2D eigenvalue weighted by molar-refractivity contribution is 7.98. The van der Waals surface area contributed by atoms with E-state index in [0.717, 1.165) is 19.4 Å². The van der Waals surface area contributed by atoms with Gasteiger partial charge < -0.3 is 26.2 Å². The highest BCUT2D eigenvalue weighted by Crippen LogP contribution is 2.12. The van der Waals surface area contributed by atoms with Gasteiger partial charge in [-0.3, -0.25) is 9.59 Å². The first-order valence-electron chi connectivity index (χ1n) is 9.24. The maximum atomic E-state index is 12.7. The average Bonchev–Trinajstić information content (AvgIpc) is 3.20. The maximum absolute atomic E-state index is 12.7. The predicted octanol–water partition coefficient (Wildman–Crippen LogP) is 0.494. The van der Waals surface area contributed by atoms with Gasteiger partial charge >= 0.3 is 5.97 Å². The molecule has 0 bridgehead atoms. The lowest BCUT2D eigenvalue weighted by molar-refractivity contribution is -0.142. The van der Waals surface area contributed by atoms with Crippen molar-refractivity contribution in [3.63, 3.8) is 0 Å². The number of aliphatic carboxylic acids is 1. The zero-order valence-electron chi connectivity index (χ0n) is 15.8. The summed E-state index contributed by atoms with van der Waals surface area (Å²) in [6.45, 7) is 0.771. The number of carboxylic acids is 1. The summed E-state index contributed by atoms with van der Waals surface area (Å²) in [6, 6.07) is 3.92. The Morgan fingerprint density at radius 1 is 1.21 bits per heavy atom. The number of thioether (sulfide) groups is 1. The van der Waals surface area contributed by atoms with Crippen LogP contribution in [0, 0.1) is 0 Å². The fourth-order valence-electron chi connectivity index (χ4n) is 3.03. The van der Waals surface area contributed by atoms with E-state index >= 15 is 0 Å². The Labute approximate surface area is 168 Å². The van der Waals surface area contributed by atoms with Crippen LogP contribution >= 0.6 is 11.8 Å². The lowest BCUT2D eigenvalue weighted by atomic mass is 10.0. The second kappa shape index (κ2) is 10.9. The molecular formula is C19H27N3O5S. The Morgan fingerprint density at radius 2 is 1.93 bits per heavy atom. The Balaban J connectivity index is 2.01. The molecule has 2 amide bonds. The Bertz CT molecular complexity index is 677. The summed E-state index contributed by atoms with van der Waals surface area (Å²) in [7, 11) is 0. The van der Waals surface area contributed by atoms with Crippen molar-refractivity contribution in [3.05, 3.63) is 29.8 Å². The van der Waals surface area contributed by atoms with Gasteiger partial charge in [0.15, 0.2) is 0 Å². The molecule has 154 valence electrons. The predicted molar refractivity (Wildman–Crippen MR) is 107 cm³/mol. The number of carbonyl (C=O) groups is 3. The molecule has 0 saturated carbocycles. The molecular weight excluding hydrogens is 382 g/mol. The molecule has 9 heteroatoms. The largest absolute Gasteiger partial charge is 0.508 e. The number of aromatic hydroxyl groups is 1. The van der Waals surface area contributed by atoms with Crippen LogP contribution < -0.4 is 16.0 Å². The van der Waals surface area contributed by atoms with Gasteiger partial charge in [-0.05, 0) is 55.5 Å². The summed E-state index contributed by atoms with van der Waals surface area (Å²) in [5.74, 6) is -1.16. The van der Waals surface area contributed by atoms with Gasteiger partial charge in [0, 0.05) is 6.42 Å². The van der Waals surface area contributed by atoms with Gasteiger partial charge in [-0.1, -0.05) is 12.1 Å². The third-order valence-corrected chi connectivity index (χ3v) is 5.26. The van der Waals surface area contributed by atoms with Crippen LogP contribution in [-0.2, 0) is 20.8 Å². The van der Waals surface area contributed by atoms with E-state index in [1.165, 1.54) is 12.1 Å². The first kappa shape index (κ1) is 22.0. The highest BCUT2D eigenvalue weighted by Gasteiger charge is 2.29. The number of hydrogen-bond acceptors (Lipinski definition) is 6. The molecule has 1 heterocycles. The number of amides is 2. The van der Waals surface area contributed by atoms with E-state index in [1.54, 1.807) is 23.9 Å². The quantitative estimate of drug-likeness (QED) is 0.381. The molecule has 1 saturated heterocycles. The zero-order chi connectivity index (χ0) is 20.5. The summed E-state index contributed by atoms with van der Waals surface area (Å²) < 4.78 is 0. The fourth-order valence-corrected chi connectivity index (χ4v) is 3.50. The van der Waals surface area contributed by atoms with Crippen LogP contribution in [0.1, 0.15) is 24.8 Å². The molecule has 1 aromatic carbocycles. The molecule has 0 spiro atoms. The minimum atomic E-state index is -1.16. The molecule has 3 atom stereocenters. The standard InChI is InChI=1S/C19H27N3O5S/c1-28-10-8-15(21-17(24)14-3-2-9-20-14)18(25)22-16(19(26)27)11-12-4-6-13(23)7-5-12/h4-7,14-16,20,23H,2-3,8-11H2,1H3,(H,21,24)(H,22,25)(H,26,27). The summed E-state index contributed by atoms with van der Waals surface area (Å²) in [6.07, 6.45) is 4.03. The van der Waals surface area contributed by atoms with Crippen molar-refractivity contribution in [2.24, 2.45) is 0 Å². The normalized spacial score (nSPS) is 18.2. The van der Waals surface area contributed by atoms with E-state index in [2.05, 4.69) is 16.0 Å². The number of phenolic OH excluding ortho intramolecular Hbond substituents is 1. The van der Waals surface area contributed by atoms with Crippen LogP contribution in [0.5, 0.6) is 5.75 Å². The minimum Gasteiger partial charge on any atom is -0.508 e. The Kier molecular flexibility index (Phi) is 8.59.